The number of ether oxygens (including phenoxy) is 2. The van der Waals surface area contributed by atoms with Gasteiger partial charge in [-0.05, 0) is 98.0 Å². The second-order valence-corrected chi connectivity index (χ2v) is 25.3. The Morgan fingerprint density at radius 1 is 0.825 bits per heavy atom. The molecule has 4 amide bonds. The molecule has 14 nitrogen and oxygen atoms in total. The highest BCUT2D eigenvalue weighted by Crippen LogP contribution is 2.50. The van der Waals surface area contributed by atoms with Gasteiger partial charge in [-0.2, -0.15) is 0 Å². The van der Waals surface area contributed by atoms with Gasteiger partial charge in [0.25, 0.3) is 0 Å². The zero-order valence-electron chi connectivity index (χ0n) is 38.2. The number of fused-ring (bicyclic) bond motifs is 5. The minimum atomic E-state index is -1.81. The van der Waals surface area contributed by atoms with Gasteiger partial charge in [0, 0.05) is 17.6 Å². The molecule has 4 heterocycles. The number of carbonyl (C=O) groups excluding carboxylic acids is 4. The Kier molecular flexibility index (Phi) is 11.7. The van der Waals surface area contributed by atoms with Crippen LogP contribution in [0.3, 0.4) is 0 Å². The van der Waals surface area contributed by atoms with E-state index in [9.17, 15) is 19.2 Å². The van der Waals surface area contributed by atoms with Crippen LogP contribution in [0.4, 0.5) is 9.59 Å². The van der Waals surface area contributed by atoms with Crippen LogP contribution in [-0.2, 0) is 19.1 Å². The third-order valence-corrected chi connectivity index (χ3v) is 15.7. The maximum atomic E-state index is 14.3. The van der Waals surface area contributed by atoms with Crippen LogP contribution in [0.2, 0.25) is 19.1 Å². The number of amides is 4. The average molecular weight is 875 g/mol. The maximum Gasteiger partial charge on any atom is 0.408 e. The molecular weight excluding hydrogens is 813 g/mol. The van der Waals surface area contributed by atoms with Crippen molar-refractivity contribution in [1.82, 2.24) is 40.4 Å². The van der Waals surface area contributed by atoms with Crippen LogP contribution < -0.4 is 10.6 Å². The van der Waals surface area contributed by atoms with Crippen LogP contribution in [0.5, 0.6) is 0 Å². The predicted octanol–water partition coefficient (Wildman–Crippen LogP) is 8.89. The van der Waals surface area contributed by atoms with Gasteiger partial charge >= 0.3 is 12.2 Å². The summed E-state index contributed by atoms with van der Waals surface area (Å²) in [6.45, 7) is 17.8. The molecule has 63 heavy (non-hydrogen) atoms. The van der Waals surface area contributed by atoms with Crippen molar-refractivity contribution in [1.29, 1.82) is 0 Å². The second kappa shape index (κ2) is 16.8. The number of piperidine rings is 1. The standard InChI is InChI=1S/C48H62N8O6Si/c1-26(2)38(54-47(60)62-48(5,6)7)44(57)55-25-63(9,10)24-37(55)42-50-35-20-17-31-21-30(16-19-34(31)40(35)52-42)28-11-13-29(14-12-28)36-23-49-43(51-36)41-32-15-18-33(22-32)56(41)45(58)39(27(3)4)53-46(59)61-8/h11-14,16-17,19-21,23,26-27,32-33,37-39,41H,15,18,22,24-25H2,1-10H3,(H,49,51)(H,50,52)(H,53,59)(H,54,60)/t32-,33-,37+,38+,39+,41+/m1/s1. The lowest BCUT2D eigenvalue weighted by Crippen LogP contribution is -2.54. The molecule has 3 aromatic carbocycles. The van der Waals surface area contributed by atoms with Crippen LogP contribution in [0.1, 0.15) is 91.5 Å². The zero-order valence-corrected chi connectivity index (χ0v) is 39.2. The molecule has 3 aliphatic rings. The van der Waals surface area contributed by atoms with Gasteiger partial charge in [-0.25, -0.2) is 19.6 Å². The SMILES string of the molecule is COC(=O)N[C@H](C(=O)N1[C@@H]2CC[C@H](C2)[C@H]1c1ncc(-c2ccc(-c3ccc4c(ccc5[nH]c([C@@H]6C[Si](C)(C)CN6C(=O)[C@@H](NC(=O)OC(C)(C)C)C(C)C)nc54)c3)cc2)[nH]1)C(C)C. The summed E-state index contributed by atoms with van der Waals surface area (Å²) in [5.74, 6) is 1.39. The Bertz CT molecular complexity index is 2540. The molecule has 15 heteroatoms. The van der Waals surface area contributed by atoms with Crippen molar-refractivity contribution in [3.8, 4) is 22.4 Å². The van der Waals surface area contributed by atoms with Crippen molar-refractivity contribution in [3.05, 3.63) is 72.4 Å². The number of benzene rings is 3. The fraction of sp³-hybridized carbons (Fsp3) is 0.500. The number of alkyl carbamates (subject to hydrolysis) is 2. The fourth-order valence-corrected chi connectivity index (χ4v) is 12.9. The smallest absolute Gasteiger partial charge is 0.408 e. The molecule has 1 aliphatic carbocycles. The first-order valence-electron chi connectivity index (χ1n) is 22.4. The van der Waals surface area contributed by atoms with E-state index < -0.39 is 37.9 Å². The number of likely N-dealkylation sites (tertiary alicyclic amines) is 1. The van der Waals surface area contributed by atoms with Crippen LogP contribution >= 0.6 is 0 Å². The molecule has 2 bridgehead atoms. The molecule has 2 saturated heterocycles. The number of methoxy groups -OCH3 is 1. The highest BCUT2D eigenvalue weighted by molar-refractivity contribution is 6.78. The van der Waals surface area contributed by atoms with Gasteiger partial charge in [0.15, 0.2) is 0 Å². The van der Waals surface area contributed by atoms with Gasteiger partial charge in [-0.3, -0.25) is 9.59 Å². The minimum absolute atomic E-state index is 0.0948. The summed E-state index contributed by atoms with van der Waals surface area (Å²) in [6.07, 6.45) is 4.23. The van der Waals surface area contributed by atoms with Crippen molar-refractivity contribution >= 4 is 53.9 Å². The Labute approximate surface area is 370 Å². The number of hydrogen-bond acceptors (Lipinski definition) is 8. The summed E-state index contributed by atoms with van der Waals surface area (Å²) >= 11 is 0. The molecule has 0 spiro atoms. The fourth-order valence-electron chi connectivity index (χ4n) is 10.0. The molecule has 8 rings (SSSR count). The molecular formula is C48H62N8O6Si. The van der Waals surface area contributed by atoms with Crippen molar-refractivity contribution in [2.24, 2.45) is 17.8 Å². The van der Waals surface area contributed by atoms with E-state index >= 15 is 0 Å². The molecule has 3 fully saturated rings. The van der Waals surface area contributed by atoms with E-state index in [0.29, 0.717) is 12.1 Å². The van der Waals surface area contributed by atoms with Crippen LogP contribution in [0.15, 0.2) is 60.8 Å². The number of aromatic nitrogens is 4. The van der Waals surface area contributed by atoms with Gasteiger partial charge in [-0.15, -0.1) is 0 Å². The molecule has 2 aliphatic heterocycles. The molecule has 5 aromatic rings. The zero-order chi connectivity index (χ0) is 45.1. The Hall–Kier alpha value is -5.70. The Morgan fingerprint density at radius 2 is 1.49 bits per heavy atom. The van der Waals surface area contributed by atoms with Crippen LogP contribution in [0.25, 0.3) is 44.2 Å². The number of hydrogen-bond donors (Lipinski definition) is 4. The summed E-state index contributed by atoms with van der Waals surface area (Å²) in [5.41, 5.74) is 5.10. The first-order chi connectivity index (χ1) is 29.8. The third-order valence-electron chi connectivity index (χ3n) is 13.0. The minimum Gasteiger partial charge on any atom is -0.453 e. The van der Waals surface area contributed by atoms with Crippen LogP contribution in [-0.4, -0.2) is 98.8 Å². The lowest BCUT2D eigenvalue weighted by Gasteiger charge is -2.37. The third kappa shape index (κ3) is 8.80. The molecule has 6 atom stereocenters. The monoisotopic (exact) mass is 874 g/mol. The van der Waals surface area contributed by atoms with E-state index in [4.69, 9.17) is 19.4 Å². The molecule has 1 saturated carbocycles. The first kappa shape index (κ1) is 43.9. The van der Waals surface area contributed by atoms with E-state index in [1.165, 1.54) is 7.11 Å². The quantitative estimate of drug-likeness (QED) is 0.101. The Balaban J connectivity index is 1.00. The predicted molar refractivity (Wildman–Crippen MR) is 246 cm³/mol. The normalized spacial score (nSPS) is 21.7. The largest absolute Gasteiger partial charge is 0.453 e. The van der Waals surface area contributed by atoms with Gasteiger partial charge in [0.1, 0.15) is 29.3 Å². The number of rotatable bonds is 10. The van der Waals surface area contributed by atoms with Gasteiger partial charge in [0.05, 0.1) is 50.2 Å². The second-order valence-electron chi connectivity index (χ2n) is 20.3. The summed E-state index contributed by atoms with van der Waals surface area (Å²) in [6, 6.07) is 18.2. The number of H-pyrrole nitrogens is 2. The van der Waals surface area contributed by atoms with Crippen molar-refractivity contribution in [2.75, 3.05) is 13.3 Å². The lowest BCUT2D eigenvalue weighted by atomic mass is 9.95. The highest BCUT2D eigenvalue weighted by atomic mass is 28.3. The van der Waals surface area contributed by atoms with E-state index in [0.717, 1.165) is 81.1 Å². The highest BCUT2D eigenvalue weighted by Gasteiger charge is 2.52. The van der Waals surface area contributed by atoms with Crippen molar-refractivity contribution < 1.29 is 28.7 Å². The molecule has 0 unspecified atom stereocenters. The van der Waals surface area contributed by atoms with Gasteiger partial charge in [-0.1, -0.05) is 83.3 Å². The van der Waals surface area contributed by atoms with Gasteiger partial charge < -0.3 is 39.9 Å². The van der Waals surface area contributed by atoms with Gasteiger partial charge in [0.2, 0.25) is 11.8 Å². The first-order valence-corrected chi connectivity index (χ1v) is 25.8. The number of nitrogens with zero attached hydrogens (tertiary/aromatic N) is 4. The number of imidazole rings is 2. The van der Waals surface area contributed by atoms with E-state index in [1.807, 2.05) is 64.5 Å². The van der Waals surface area contributed by atoms with E-state index in [2.05, 4.69) is 88.3 Å². The molecule has 0 radical (unpaired) electrons. The molecule has 4 N–H and O–H groups in total. The lowest BCUT2D eigenvalue weighted by molar-refractivity contribution is -0.139. The van der Waals surface area contributed by atoms with Crippen molar-refractivity contribution in [3.63, 3.8) is 0 Å². The number of aromatic amines is 2. The summed E-state index contributed by atoms with van der Waals surface area (Å²) in [7, 11) is -0.498. The maximum absolute atomic E-state index is 14.3. The number of carbonyl (C=O) groups is 4. The van der Waals surface area contributed by atoms with Crippen LogP contribution in [0, 0.1) is 17.8 Å². The average Bonchev–Trinajstić information content (AvgIpc) is 4.08. The topological polar surface area (TPSA) is 175 Å². The van der Waals surface area contributed by atoms with E-state index in [-0.39, 0.29) is 41.8 Å². The molecule has 334 valence electrons. The summed E-state index contributed by atoms with van der Waals surface area (Å²) in [5, 5.41) is 7.71. The summed E-state index contributed by atoms with van der Waals surface area (Å²) in [4.78, 5) is 74.2. The van der Waals surface area contributed by atoms with E-state index in [1.54, 1.807) is 0 Å². The number of nitrogens with one attached hydrogen (secondary N) is 4. The molecule has 2 aromatic heterocycles. The summed E-state index contributed by atoms with van der Waals surface area (Å²) < 4.78 is 10.4. The Morgan fingerprint density at radius 3 is 2.17 bits per heavy atom. The van der Waals surface area contributed by atoms with Crippen molar-refractivity contribution in [2.45, 2.75) is 123 Å².